The molecule has 1 aromatic carbocycles. The van der Waals surface area contributed by atoms with Gasteiger partial charge in [-0.15, -0.1) is 0 Å². The van der Waals surface area contributed by atoms with Crippen molar-refractivity contribution in [3.63, 3.8) is 0 Å². The lowest BCUT2D eigenvalue weighted by atomic mass is 9.97. The van der Waals surface area contributed by atoms with Gasteiger partial charge >= 0.3 is 0 Å². The van der Waals surface area contributed by atoms with Gasteiger partial charge in [-0.2, -0.15) is 4.98 Å². The number of hydrogen-bond acceptors (Lipinski definition) is 6. The summed E-state index contributed by atoms with van der Waals surface area (Å²) < 4.78 is 10.5. The van der Waals surface area contributed by atoms with Crippen LogP contribution in [0.4, 0.5) is 0 Å². The van der Waals surface area contributed by atoms with E-state index in [9.17, 15) is 4.79 Å². The highest BCUT2D eigenvalue weighted by Crippen LogP contribution is 2.21. The molecule has 2 heterocycles. The SMILES string of the molecule is COc1cccc(C(=O)NC2CCN(Cc3noc(C(C)(C)C)n3)CC2)c1. The van der Waals surface area contributed by atoms with Gasteiger partial charge in [0.15, 0.2) is 5.82 Å². The Morgan fingerprint density at radius 3 is 2.70 bits per heavy atom. The first kappa shape index (κ1) is 19.4. The van der Waals surface area contributed by atoms with Gasteiger partial charge in [0.05, 0.1) is 13.7 Å². The van der Waals surface area contributed by atoms with Gasteiger partial charge in [-0.3, -0.25) is 9.69 Å². The van der Waals surface area contributed by atoms with Gasteiger partial charge in [0.2, 0.25) is 5.89 Å². The van der Waals surface area contributed by atoms with Crippen LogP contribution >= 0.6 is 0 Å². The largest absolute Gasteiger partial charge is 0.497 e. The summed E-state index contributed by atoms with van der Waals surface area (Å²) in [5.74, 6) is 2.02. The molecule has 1 N–H and O–H groups in total. The van der Waals surface area contributed by atoms with E-state index in [1.807, 2.05) is 12.1 Å². The maximum atomic E-state index is 12.4. The molecule has 1 saturated heterocycles. The van der Waals surface area contributed by atoms with Crippen molar-refractivity contribution in [1.29, 1.82) is 0 Å². The number of carbonyl (C=O) groups is 1. The van der Waals surface area contributed by atoms with Gasteiger partial charge in [-0.25, -0.2) is 0 Å². The summed E-state index contributed by atoms with van der Waals surface area (Å²) in [5, 5.41) is 7.21. The summed E-state index contributed by atoms with van der Waals surface area (Å²) in [4.78, 5) is 19.2. The Balaban J connectivity index is 1.48. The molecule has 1 amide bonds. The number of methoxy groups -OCH3 is 1. The molecule has 0 atom stereocenters. The first-order chi connectivity index (χ1) is 12.8. The molecular formula is C20H28N4O3. The van der Waals surface area contributed by atoms with Gasteiger partial charge in [0.25, 0.3) is 5.91 Å². The van der Waals surface area contributed by atoms with Crippen molar-refractivity contribution in [2.24, 2.45) is 0 Å². The highest BCUT2D eigenvalue weighted by atomic mass is 16.5. The van der Waals surface area contributed by atoms with E-state index in [4.69, 9.17) is 9.26 Å². The van der Waals surface area contributed by atoms with E-state index in [1.165, 1.54) is 0 Å². The topological polar surface area (TPSA) is 80.5 Å². The molecule has 0 spiro atoms. The molecule has 146 valence electrons. The lowest BCUT2D eigenvalue weighted by Crippen LogP contribution is -2.44. The highest BCUT2D eigenvalue weighted by Gasteiger charge is 2.25. The minimum atomic E-state index is -0.136. The van der Waals surface area contributed by atoms with Crippen molar-refractivity contribution < 1.29 is 14.1 Å². The normalized spacial score (nSPS) is 16.3. The Kier molecular flexibility index (Phi) is 5.79. The molecular weight excluding hydrogens is 344 g/mol. The van der Waals surface area contributed by atoms with Crippen molar-refractivity contribution in [2.75, 3.05) is 20.2 Å². The summed E-state index contributed by atoms with van der Waals surface area (Å²) in [6.07, 6.45) is 1.80. The van der Waals surface area contributed by atoms with E-state index < -0.39 is 0 Å². The Hall–Kier alpha value is -2.41. The Labute approximate surface area is 160 Å². The predicted octanol–water partition coefficient (Wildman–Crippen LogP) is 2.77. The molecule has 1 aromatic heterocycles. The zero-order valence-corrected chi connectivity index (χ0v) is 16.5. The second-order valence-corrected chi connectivity index (χ2v) is 8.02. The van der Waals surface area contributed by atoms with Gasteiger partial charge in [-0.1, -0.05) is 32.0 Å². The van der Waals surface area contributed by atoms with E-state index in [2.05, 4.69) is 41.1 Å². The standard InChI is InChI=1S/C20H28N4O3/c1-20(2,3)19-22-17(23-27-19)13-24-10-8-15(9-11-24)21-18(25)14-6-5-7-16(12-14)26-4/h5-7,12,15H,8-11,13H2,1-4H3,(H,21,25). The van der Waals surface area contributed by atoms with Gasteiger partial charge in [0.1, 0.15) is 5.75 Å². The van der Waals surface area contributed by atoms with Crippen LogP contribution in [0.15, 0.2) is 28.8 Å². The van der Waals surface area contributed by atoms with Crippen LogP contribution in [-0.2, 0) is 12.0 Å². The molecule has 0 aliphatic carbocycles. The number of likely N-dealkylation sites (tertiary alicyclic amines) is 1. The fraction of sp³-hybridized carbons (Fsp3) is 0.550. The summed E-state index contributed by atoms with van der Waals surface area (Å²) >= 11 is 0. The summed E-state index contributed by atoms with van der Waals surface area (Å²) in [6, 6.07) is 7.39. The van der Waals surface area contributed by atoms with E-state index in [0.29, 0.717) is 23.7 Å². The molecule has 1 fully saturated rings. The maximum Gasteiger partial charge on any atom is 0.251 e. The molecule has 0 saturated carbocycles. The van der Waals surface area contributed by atoms with Crippen LogP contribution in [0.5, 0.6) is 5.75 Å². The molecule has 2 aromatic rings. The number of ether oxygens (including phenoxy) is 1. The predicted molar refractivity (Wildman–Crippen MR) is 102 cm³/mol. The van der Waals surface area contributed by atoms with Crippen LogP contribution in [0.3, 0.4) is 0 Å². The summed E-state index contributed by atoms with van der Waals surface area (Å²) in [7, 11) is 1.60. The third-order valence-electron chi connectivity index (χ3n) is 4.73. The Morgan fingerprint density at radius 1 is 1.33 bits per heavy atom. The van der Waals surface area contributed by atoms with E-state index in [0.717, 1.165) is 31.8 Å². The molecule has 1 aliphatic rings. The molecule has 0 radical (unpaired) electrons. The smallest absolute Gasteiger partial charge is 0.251 e. The Morgan fingerprint density at radius 2 is 2.07 bits per heavy atom. The number of nitrogens with zero attached hydrogens (tertiary/aromatic N) is 3. The van der Waals surface area contributed by atoms with Gasteiger partial charge < -0.3 is 14.6 Å². The maximum absolute atomic E-state index is 12.4. The zero-order valence-electron chi connectivity index (χ0n) is 16.5. The number of amides is 1. The van der Waals surface area contributed by atoms with E-state index in [-0.39, 0.29) is 17.4 Å². The third kappa shape index (κ3) is 5.07. The fourth-order valence-electron chi connectivity index (χ4n) is 3.09. The monoisotopic (exact) mass is 372 g/mol. The average Bonchev–Trinajstić information content (AvgIpc) is 3.12. The van der Waals surface area contributed by atoms with Crippen molar-refractivity contribution in [1.82, 2.24) is 20.4 Å². The number of nitrogens with one attached hydrogen (secondary N) is 1. The molecule has 7 nitrogen and oxygen atoms in total. The molecule has 7 heteroatoms. The van der Waals surface area contributed by atoms with Crippen molar-refractivity contribution in [2.45, 2.75) is 51.6 Å². The van der Waals surface area contributed by atoms with Crippen LogP contribution in [0, 0.1) is 0 Å². The van der Waals surface area contributed by atoms with Crippen LogP contribution in [0.1, 0.15) is 55.7 Å². The first-order valence-electron chi connectivity index (χ1n) is 9.35. The summed E-state index contributed by atoms with van der Waals surface area (Å²) in [5.41, 5.74) is 0.487. The number of carbonyl (C=O) groups excluding carboxylic acids is 1. The number of aromatic nitrogens is 2. The number of hydrogen-bond donors (Lipinski definition) is 1. The molecule has 3 rings (SSSR count). The van der Waals surface area contributed by atoms with Crippen molar-refractivity contribution >= 4 is 5.91 Å². The molecule has 0 bridgehead atoms. The van der Waals surface area contributed by atoms with Crippen LogP contribution in [0.2, 0.25) is 0 Å². The van der Waals surface area contributed by atoms with Crippen molar-refractivity contribution in [3.8, 4) is 5.75 Å². The quantitative estimate of drug-likeness (QED) is 0.869. The van der Waals surface area contributed by atoms with E-state index >= 15 is 0 Å². The van der Waals surface area contributed by atoms with Gasteiger partial charge in [-0.05, 0) is 31.0 Å². The molecule has 0 unspecified atom stereocenters. The number of piperidine rings is 1. The lowest BCUT2D eigenvalue weighted by Gasteiger charge is -2.31. The number of rotatable bonds is 5. The van der Waals surface area contributed by atoms with Crippen LogP contribution < -0.4 is 10.1 Å². The first-order valence-corrected chi connectivity index (χ1v) is 9.35. The third-order valence-corrected chi connectivity index (χ3v) is 4.73. The minimum absolute atomic E-state index is 0.0552. The zero-order chi connectivity index (χ0) is 19.4. The second kappa shape index (κ2) is 8.08. The highest BCUT2D eigenvalue weighted by molar-refractivity contribution is 5.94. The molecule has 1 aliphatic heterocycles. The fourth-order valence-corrected chi connectivity index (χ4v) is 3.09. The van der Waals surface area contributed by atoms with E-state index in [1.54, 1.807) is 19.2 Å². The average molecular weight is 372 g/mol. The lowest BCUT2D eigenvalue weighted by molar-refractivity contribution is 0.0907. The summed E-state index contributed by atoms with van der Waals surface area (Å²) in [6.45, 7) is 8.63. The van der Waals surface area contributed by atoms with Gasteiger partial charge in [0, 0.05) is 30.1 Å². The van der Waals surface area contributed by atoms with Crippen molar-refractivity contribution in [3.05, 3.63) is 41.5 Å². The van der Waals surface area contributed by atoms with Crippen LogP contribution in [0.25, 0.3) is 0 Å². The second-order valence-electron chi connectivity index (χ2n) is 8.02. The minimum Gasteiger partial charge on any atom is -0.497 e. The Bertz CT molecular complexity index is 774. The number of benzene rings is 1. The molecule has 27 heavy (non-hydrogen) atoms. The van der Waals surface area contributed by atoms with Crippen LogP contribution in [-0.4, -0.2) is 47.2 Å².